The molecule has 4 nitrogen and oxygen atoms in total. The lowest BCUT2D eigenvalue weighted by Gasteiger charge is -2.02. The van der Waals surface area contributed by atoms with Crippen LogP contribution >= 0.6 is 15.9 Å². The number of sulfonamides is 1. The molecule has 0 aliphatic carbocycles. The number of hydrogen-bond donors (Lipinski definition) is 1. The average molecular weight is 365 g/mol. The molecule has 0 atom stereocenters. The van der Waals surface area contributed by atoms with E-state index in [0.29, 0.717) is 0 Å². The standard InChI is InChI=1S/C15H13BrN2O2S/c16-14-8-10-15(11-9-14)21(19,20)18-17-12-4-7-13-5-2-1-3-6-13/h1-12,18H/b7-4+,17-12+. The van der Waals surface area contributed by atoms with Gasteiger partial charge in [-0.1, -0.05) is 52.3 Å². The number of halogens is 1. The first-order valence-electron chi connectivity index (χ1n) is 6.10. The van der Waals surface area contributed by atoms with Gasteiger partial charge in [-0.25, -0.2) is 4.83 Å². The highest BCUT2D eigenvalue weighted by Gasteiger charge is 2.11. The molecule has 6 heteroatoms. The molecule has 0 aliphatic heterocycles. The molecule has 0 unspecified atom stereocenters. The van der Waals surface area contributed by atoms with Gasteiger partial charge in [-0.3, -0.25) is 0 Å². The number of hydrazone groups is 1. The summed E-state index contributed by atoms with van der Waals surface area (Å²) in [5.74, 6) is 0. The first-order valence-corrected chi connectivity index (χ1v) is 8.38. The summed E-state index contributed by atoms with van der Waals surface area (Å²) in [5.41, 5.74) is 1.01. The number of nitrogens with zero attached hydrogens (tertiary/aromatic N) is 1. The summed E-state index contributed by atoms with van der Waals surface area (Å²) in [6.45, 7) is 0. The normalized spacial score (nSPS) is 12.0. The monoisotopic (exact) mass is 364 g/mol. The third-order valence-electron chi connectivity index (χ3n) is 2.55. The third kappa shape index (κ3) is 4.84. The minimum absolute atomic E-state index is 0.162. The van der Waals surface area contributed by atoms with Gasteiger partial charge in [0, 0.05) is 10.7 Å². The molecule has 0 aliphatic rings. The van der Waals surface area contributed by atoms with Crippen LogP contribution in [-0.4, -0.2) is 14.6 Å². The lowest BCUT2D eigenvalue weighted by atomic mass is 10.2. The van der Waals surface area contributed by atoms with E-state index in [-0.39, 0.29) is 4.90 Å². The predicted octanol–water partition coefficient (Wildman–Crippen LogP) is 3.43. The van der Waals surface area contributed by atoms with Crippen molar-refractivity contribution >= 4 is 38.2 Å². The van der Waals surface area contributed by atoms with E-state index in [0.717, 1.165) is 10.0 Å². The summed E-state index contributed by atoms with van der Waals surface area (Å²) in [7, 11) is -3.62. The Hall–Kier alpha value is -1.92. The van der Waals surface area contributed by atoms with Crippen molar-refractivity contribution in [2.45, 2.75) is 4.90 Å². The predicted molar refractivity (Wildman–Crippen MR) is 88.4 cm³/mol. The Labute approximate surface area is 132 Å². The molecule has 2 aromatic rings. The Bertz CT molecular complexity index is 739. The van der Waals surface area contributed by atoms with Crippen LogP contribution < -0.4 is 4.83 Å². The highest BCUT2D eigenvalue weighted by Crippen LogP contribution is 2.14. The average Bonchev–Trinajstić information content (AvgIpc) is 2.48. The Morgan fingerprint density at radius 1 is 1.00 bits per heavy atom. The number of benzene rings is 2. The molecule has 108 valence electrons. The topological polar surface area (TPSA) is 58.5 Å². The minimum atomic E-state index is -3.62. The van der Waals surface area contributed by atoms with Crippen LogP contribution in [-0.2, 0) is 10.0 Å². The second kappa shape index (κ2) is 7.19. The fourth-order valence-electron chi connectivity index (χ4n) is 1.53. The molecular formula is C15H13BrN2O2S. The summed E-state index contributed by atoms with van der Waals surface area (Å²) >= 11 is 3.25. The fraction of sp³-hybridized carbons (Fsp3) is 0. The van der Waals surface area contributed by atoms with Crippen LogP contribution in [0.5, 0.6) is 0 Å². The van der Waals surface area contributed by atoms with Crippen molar-refractivity contribution in [3.05, 3.63) is 70.7 Å². The van der Waals surface area contributed by atoms with Crippen LogP contribution in [0.15, 0.2) is 75.1 Å². The van der Waals surface area contributed by atoms with E-state index in [4.69, 9.17) is 0 Å². The third-order valence-corrected chi connectivity index (χ3v) is 4.31. The van der Waals surface area contributed by atoms with Gasteiger partial charge >= 0.3 is 0 Å². The first-order chi connectivity index (χ1) is 10.1. The zero-order valence-corrected chi connectivity index (χ0v) is 13.4. The molecule has 2 aromatic carbocycles. The molecule has 2 rings (SSSR count). The van der Waals surface area contributed by atoms with Crippen molar-refractivity contribution in [3.8, 4) is 0 Å². The van der Waals surface area contributed by atoms with Crippen LogP contribution in [0.4, 0.5) is 0 Å². The van der Waals surface area contributed by atoms with E-state index in [1.54, 1.807) is 18.2 Å². The summed E-state index contributed by atoms with van der Waals surface area (Å²) in [4.78, 5) is 2.32. The molecule has 0 radical (unpaired) electrons. The fourth-order valence-corrected chi connectivity index (χ4v) is 2.59. The number of allylic oxidation sites excluding steroid dienone is 1. The summed E-state index contributed by atoms with van der Waals surface area (Å²) in [6, 6.07) is 16.0. The Balaban J connectivity index is 1.97. The van der Waals surface area contributed by atoms with Crippen LogP contribution in [0, 0.1) is 0 Å². The molecule has 0 spiro atoms. The number of nitrogens with one attached hydrogen (secondary N) is 1. The molecule has 0 aromatic heterocycles. The second-order valence-electron chi connectivity index (χ2n) is 4.10. The van der Waals surface area contributed by atoms with E-state index < -0.39 is 10.0 Å². The van der Waals surface area contributed by atoms with Gasteiger partial charge in [0.25, 0.3) is 10.0 Å². The van der Waals surface area contributed by atoms with Gasteiger partial charge in [-0.2, -0.15) is 13.5 Å². The molecule has 0 saturated carbocycles. The van der Waals surface area contributed by atoms with Crippen LogP contribution in [0.25, 0.3) is 6.08 Å². The number of rotatable bonds is 5. The Kier molecular flexibility index (Phi) is 5.30. The van der Waals surface area contributed by atoms with Crippen LogP contribution in [0.1, 0.15) is 5.56 Å². The van der Waals surface area contributed by atoms with Gasteiger partial charge in [-0.05, 0) is 35.9 Å². The molecule has 0 bridgehead atoms. The van der Waals surface area contributed by atoms with Gasteiger partial charge in [0.05, 0.1) is 4.90 Å². The molecule has 0 saturated heterocycles. The quantitative estimate of drug-likeness (QED) is 0.652. The molecule has 1 N–H and O–H groups in total. The second-order valence-corrected chi connectivity index (χ2v) is 6.67. The first kappa shape index (κ1) is 15.5. The molecule has 21 heavy (non-hydrogen) atoms. The van der Waals surface area contributed by atoms with Crippen molar-refractivity contribution < 1.29 is 8.42 Å². The highest BCUT2D eigenvalue weighted by atomic mass is 79.9. The smallest absolute Gasteiger partial charge is 0.200 e. The lowest BCUT2D eigenvalue weighted by molar-refractivity contribution is 0.584. The van der Waals surface area contributed by atoms with Gasteiger partial charge < -0.3 is 0 Å². The largest absolute Gasteiger partial charge is 0.276 e. The van der Waals surface area contributed by atoms with Gasteiger partial charge in [0.15, 0.2) is 0 Å². The SMILES string of the molecule is O=S(=O)(N/N=C/C=C/c1ccccc1)c1ccc(Br)cc1. The zero-order chi connectivity index (χ0) is 15.1. The molecule has 0 heterocycles. The molecule has 0 fully saturated rings. The van der Waals surface area contributed by atoms with Crippen LogP contribution in [0.3, 0.4) is 0 Å². The molecule has 0 amide bonds. The summed E-state index contributed by atoms with van der Waals surface area (Å²) < 4.78 is 24.6. The summed E-state index contributed by atoms with van der Waals surface area (Å²) in [6.07, 6.45) is 4.89. The minimum Gasteiger partial charge on any atom is -0.200 e. The van der Waals surface area contributed by atoms with Crippen molar-refractivity contribution in [3.63, 3.8) is 0 Å². The number of hydrogen-bond acceptors (Lipinski definition) is 3. The van der Waals surface area contributed by atoms with Gasteiger partial charge in [0.2, 0.25) is 0 Å². The van der Waals surface area contributed by atoms with E-state index in [2.05, 4.69) is 25.9 Å². The maximum absolute atomic E-state index is 11.9. The van der Waals surface area contributed by atoms with E-state index >= 15 is 0 Å². The maximum atomic E-state index is 11.9. The summed E-state index contributed by atoms with van der Waals surface area (Å²) in [5, 5.41) is 3.70. The van der Waals surface area contributed by atoms with E-state index in [1.807, 2.05) is 36.4 Å². The van der Waals surface area contributed by atoms with Crippen LogP contribution in [0.2, 0.25) is 0 Å². The van der Waals surface area contributed by atoms with Crippen molar-refractivity contribution in [2.24, 2.45) is 5.10 Å². The van der Waals surface area contributed by atoms with Gasteiger partial charge in [0.1, 0.15) is 0 Å². The van der Waals surface area contributed by atoms with Gasteiger partial charge in [-0.15, -0.1) is 0 Å². The Morgan fingerprint density at radius 3 is 2.33 bits per heavy atom. The highest BCUT2D eigenvalue weighted by molar-refractivity contribution is 9.10. The molecular weight excluding hydrogens is 352 g/mol. The zero-order valence-electron chi connectivity index (χ0n) is 11.0. The van der Waals surface area contributed by atoms with E-state index in [1.165, 1.54) is 18.3 Å². The lowest BCUT2D eigenvalue weighted by Crippen LogP contribution is -2.17. The van der Waals surface area contributed by atoms with Crippen molar-refractivity contribution in [1.82, 2.24) is 4.83 Å². The maximum Gasteiger partial charge on any atom is 0.276 e. The van der Waals surface area contributed by atoms with Crippen molar-refractivity contribution in [1.29, 1.82) is 0 Å². The van der Waals surface area contributed by atoms with Crippen molar-refractivity contribution in [2.75, 3.05) is 0 Å². The Morgan fingerprint density at radius 2 is 1.67 bits per heavy atom. The van der Waals surface area contributed by atoms with E-state index in [9.17, 15) is 8.42 Å².